The molecule has 100 heavy (non-hydrogen) atoms. The van der Waals surface area contributed by atoms with Gasteiger partial charge in [0.05, 0.1) is 16.4 Å². The molecule has 0 saturated heterocycles. The highest BCUT2D eigenvalue weighted by atomic mass is 35.9. The number of rotatable bonds is 21. The maximum Gasteiger partial charge on any atom is 0.462 e. The number of halogens is 4. The van der Waals surface area contributed by atoms with Gasteiger partial charge in [0.25, 0.3) is 16.3 Å². The Morgan fingerprint density at radius 1 is 0.310 bits per heavy atom. The molecule has 0 aliphatic heterocycles. The lowest BCUT2D eigenvalue weighted by molar-refractivity contribution is 0.0732. The number of benzene rings is 11. The van der Waals surface area contributed by atoms with Crippen LogP contribution in [-0.2, 0) is 28.4 Å². The fourth-order valence-electron chi connectivity index (χ4n) is 8.79. The molecule has 0 spiro atoms. The Morgan fingerprint density at radius 3 is 0.940 bits per heavy atom. The molecule has 0 saturated carbocycles. The van der Waals surface area contributed by atoms with Gasteiger partial charge in [-0.25, -0.2) is 14.2 Å². The molecule has 0 radical (unpaired) electrons. The second-order valence-electron chi connectivity index (χ2n) is 21.0. The molecule has 510 valence electrons. The first-order valence-corrected chi connectivity index (χ1v) is 35.2. The Morgan fingerprint density at radius 2 is 0.590 bits per heavy atom. The number of ketones is 3. The van der Waals surface area contributed by atoms with E-state index in [-0.39, 0.29) is 102 Å². The van der Waals surface area contributed by atoms with Gasteiger partial charge in [-0.1, -0.05) is 130 Å². The van der Waals surface area contributed by atoms with Crippen LogP contribution in [0.5, 0.6) is 40.2 Å². The minimum atomic E-state index is -3.81. The molecule has 0 heterocycles. The average Bonchev–Trinajstić information content (AvgIpc) is 0.812. The maximum absolute atomic E-state index is 14.0. The highest BCUT2D eigenvalue weighted by Crippen LogP contribution is 2.55. The smallest absolute Gasteiger partial charge is 0.462 e. The predicted molar refractivity (Wildman–Crippen MR) is 391 cm³/mol. The Bertz CT molecular complexity index is 4630. The second kappa shape index (κ2) is 37.9. The summed E-state index contributed by atoms with van der Waals surface area (Å²) in [6.45, 7) is 0. The van der Waals surface area contributed by atoms with E-state index in [4.69, 9.17) is 74.4 Å². The number of carbonyl (C=O) groups is 7. The van der Waals surface area contributed by atoms with E-state index in [1.165, 1.54) is 78.9 Å². The Kier molecular flexibility index (Phi) is 29.7. The lowest BCUT2D eigenvalue weighted by atomic mass is 10.0. The number of esters is 2. The number of hydrogen-bond acceptors (Lipinski definition) is 16. The number of Topliss-reactive ketones (excluding diaryl/α,β-unsaturated/α-hetero) is 3. The molecule has 3 N–H and O–H groups in total. The lowest BCUT2D eigenvalue weighted by Crippen LogP contribution is -2.14. The van der Waals surface area contributed by atoms with E-state index < -0.39 is 35.9 Å². The molecule has 16 nitrogen and oxygen atoms in total. The van der Waals surface area contributed by atoms with Gasteiger partial charge < -0.3 is 33.8 Å². The van der Waals surface area contributed by atoms with Crippen LogP contribution in [0.25, 0.3) is 0 Å². The van der Waals surface area contributed by atoms with E-state index in [0.29, 0.717) is 49.9 Å². The zero-order chi connectivity index (χ0) is 70.2. The third-order valence-corrected chi connectivity index (χ3v) is 18.2. The normalized spacial score (nSPS) is 10.9. The quantitative estimate of drug-likeness (QED) is 0.0199. The van der Waals surface area contributed by atoms with Crippen molar-refractivity contribution >= 4 is 110 Å². The van der Waals surface area contributed by atoms with Gasteiger partial charge in [-0.3, -0.25) is 28.5 Å². The first kappa shape index (κ1) is 78.3. The largest absolute Gasteiger partial charge is 0.508 e. The van der Waals surface area contributed by atoms with Crippen LogP contribution in [0.4, 0.5) is 0 Å². The zero-order valence-electron chi connectivity index (χ0n) is 51.3. The van der Waals surface area contributed by atoms with E-state index >= 15 is 0 Å². The predicted octanol–water partition coefficient (Wildman–Crippen LogP) is 18.9. The molecule has 22 heteroatoms. The molecular weight excluding hydrogens is 1400 g/mol. The maximum atomic E-state index is 14.0. The molecule has 1 atom stereocenters. The summed E-state index contributed by atoms with van der Waals surface area (Å²) in [4.78, 5) is 84.8. The Hall–Kier alpha value is -10.7. The summed E-state index contributed by atoms with van der Waals surface area (Å²) in [5.74, 6) is -3.24. The van der Waals surface area contributed by atoms with Crippen LogP contribution < -0.4 is 29.1 Å². The molecule has 11 aromatic carbocycles. The van der Waals surface area contributed by atoms with Gasteiger partial charge >= 0.3 is 19.5 Å². The van der Waals surface area contributed by atoms with Gasteiger partial charge in [-0.15, -0.1) is 0 Å². The highest BCUT2D eigenvalue weighted by Gasteiger charge is 2.31. The number of carbonyl (C=O) groups excluding carboxylic acids is 7. The minimum absolute atomic E-state index is 0. The van der Waals surface area contributed by atoms with Gasteiger partial charge in [0.15, 0.2) is 17.3 Å². The van der Waals surface area contributed by atoms with Gasteiger partial charge in [0, 0.05) is 52.4 Å². The zero-order valence-corrected chi connectivity index (χ0v) is 56.1. The van der Waals surface area contributed by atoms with Crippen LogP contribution in [0.1, 0.15) is 104 Å². The average molecular weight is 1460 g/mol. The Labute approximate surface area is 597 Å². The van der Waals surface area contributed by atoms with Crippen molar-refractivity contribution in [3.8, 4) is 40.2 Å². The standard InChI is InChI=1S/C48H35O10P.C14H12O3.C8H4Cl2O2.C6H5Cl2OP.2CH4/c49-39-22-18-35(19-23-39)45(50)30-33-14-24-40(25-15-33)55-47(52)37-8-7-9-38(32-37)48(53)56-41-28-20-36(21-29-41)46(51)31-34-16-26-43(27-17-34)58-59(54,44-12-5-2-6-13-44)57-42-10-3-1-4-11-42;15-12-5-1-10(2-6-12)9-14(17)11-3-7-13(16)8-4-11;9-7(11)5-2-1-3-6(4-5)8(10)12;7-10(8,9)6-4-2-1-3-5-6;;/h1-29,32,49H,30-31H2;1-8,15-16H,9H2;1-4H;1-5H;2*1H4. The number of para-hydroxylation sites is 1. The lowest BCUT2D eigenvalue weighted by Gasteiger charge is -2.20. The van der Waals surface area contributed by atoms with E-state index in [1.54, 1.807) is 188 Å². The van der Waals surface area contributed by atoms with Gasteiger partial charge in [0.1, 0.15) is 40.2 Å². The molecule has 0 aliphatic carbocycles. The summed E-state index contributed by atoms with van der Waals surface area (Å²) in [7, 11) is -3.81. The van der Waals surface area contributed by atoms with E-state index in [0.717, 1.165) is 5.56 Å². The summed E-state index contributed by atoms with van der Waals surface area (Å²) >= 11 is 21.1. The molecule has 0 fully saturated rings. The number of phenolic OH excluding ortho intramolecular Hbond substituents is 3. The monoisotopic (exact) mass is 1460 g/mol. The second-order valence-corrected chi connectivity index (χ2v) is 28.4. The van der Waals surface area contributed by atoms with E-state index in [2.05, 4.69) is 0 Å². The number of ether oxygens (including phenoxy) is 2. The fourth-order valence-corrected chi connectivity index (χ4v) is 11.8. The molecule has 11 rings (SSSR count). The van der Waals surface area contributed by atoms with Crippen molar-refractivity contribution in [3.63, 3.8) is 0 Å². The molecule has 0 amide bonds. The number of aromatic hydroxyl groups is 3. The first-order valence-electron chi connectivity index (χ1n) is 29.4. The van der Waals surface area contributed by atoms with E-state index in [9.17, 15) is 47.8 Å². The summed E-state index contributed by atoms with van der Waals surface area (Å²) in [5.41, 5.74) is 4.46. The molecule has 0 aliphatic rings. The summed E-state index contributed by atoms with van der Waals surface area (Å²) < 4.78 is 47.8. The number of phenols is 3. The van der Waals surface area contributed by atoms with Crippen molar-refractivity contribution in [2.75, 3.05) is 0 Å². The van der Waals surface area contributed by atoms with Crippen LogP contribution in [0.15, 0.2) is 285 Å². The van der Waals surface area contributed by atoms with Gasteiger partial charge in [-0.2, -0.15) is 0 Å². The van der Waals surface area contributed by atoms with Crippen molar-refractivity contribution in [2.45, 2.75) is 34.1 Å². The van der Waals surface area contributed by atoms with Crippen LogP contribution in [0.2, 0.25) is 0 Å². The van der Waals surface area contributed by atoms with Crippen LogP contribution >= 0.6 is 59.1 Å². The first-order chi connectivity index (χ1) is 47.0. The number of hydrogen-bond donors (Lipinski definition) is 3. The molecule has 0 aromatic heterocycles. The van der Waals surface area contributed by atoms with Crippen molar-refractivity contribution in [1.82, 2.24) is 0 Å². The third-order valence-electron chi connectivity index (χ3n) is 13.8. The van der Waals surface area contributed by atoms with Crippen molar-refractivity contribution in [2.24, 2.45) is 0 Å². The van der Waals surface area contributed by atoms with Gasteiger partial charge in [-0.05, 0) is 232 Å². The van der Waals surface area contributed by atoms with Crippen LogP contribution in [-0.4, -0.2) is 55.1 Å². The highest BCUT2D eigenvalue weighted by molar-refractivity contribution is 8.13. The molecule has 11 aromatic rings. The summed E-state index contributed by atoms with van der Waals surface area (Å²) in [6.07, 6.45) is 0.484. The van der Waals surface area contributed by atoms with Crippen molar-refractivity contribution in [1.29, 1.82) is 0 Å². The minimum Gasteiger partial charge on any atom is -0.508 e. The molecule has 0 bridgehead atoms. The van der Waals surface area contributed by atoms with Crippen molar-refractivity contribution in [3.05, 3.63) is 341 Å². The van der Waals surface area contributed by atoms with Gasteiger partial charge in [0.2, 0.25) is 0 Å². The summed E-state index contributed by atoms with van der Waals surface area (Å²) in [5, 5.41) is 27.4. The summed E-state index contributed by atoms with van der Waals surface area (Å²) in [6, 6.07) is 75.9. The molecule has 1 unspecified atom stereocenters. The van der Waals surface area contributed by atoms with Crippen molar-refractivity contribution < 1.29 is 76.5 Å². The fraction of sp³-hybridized carbons (Fsp3) is 0.0641. The SMILES string of the molecule is C.C.O=C(Cc1ccc(O)cc1)c1ccc(O)cc1.O=C(Cc1ccc(OC(=O)c2cccc(C(=O)Oc3ccc(C(=O)Cc4ccc(OP(=O)(Oc5ccccc5)c5ccccc5)cc4)cc3)c2)cc1)c1ccc(O)cc1.O=C(Cl)c1cccc(C(=O)Cl)c1.O=P(Cl)(Cl)c1ccccc1. The molecular formula is C78H64Cl4O16P2. The van der Waals surface area contributed by atoms with E-state index in [1.807, 2.05) is 18.2 Å². The third kappa shape index (κ3) is 24.4. The van der Waals surface area contributed by atoms with Crippen LogP contribution in [0.3, 0.4) is 0 Å². The van der Waals surface area contributed by atoms with Crippen LogP contribution in [0, 0.1) is 0 Å². The topological polar surface area (TPSA) is 251 Å². The Balaban J connectivity index is 0.000000307.